The van der Waals surface area contributed by atoms with E-state index in [1.54, 1.807) is 6.07 Å². The molecule has 1 aromatic heterocycles. The highest BCUT2D eigenvalue weighted by Crippen LogP contribution is 2.22. The van der Waals surface area contributed by atoms with Crippen LogP contribution in [0.1, 0.15) is 18.9 Å². The van der Waals surface area contributed by atoms with Crippen LogP contribution in [0.5, 0.6) is 5.75 Å². The molecule has 104 valence electrons. The molecule has 0 spiro atoms. The molecule has 0 aliphatic heterocycles. The molecule has 0 atom stereocenters. The van der Waals surface area contributed by atoms with Gasteiger partial charge in [-0.05, 0) is 24.6 Å². The van der Waals surface area contributed by atoms with Gasteiger partial charge in [0.25, 0.3) is 5.56 Å². The summed E-state index contributed by atoms with van der Waals surface area (Å²) in [6, 6.07) is 9.06. The number of thiocarbonyl (C=S) groups is 1. The number of H-pyrrole nitrogens is 1. The van der Waals surface area contributed by atoms with Crippen molar-refractivity contribution in [2.75, 3.05) is 6.61 Å². The number of nitrogens with one attached hydrogen (secondary N) is 1. The number of hydrogen-bond acceptors (Lipinski definition) is 4. The molecule has 0 aliphatic rings. The van der Waals surface area contributed by atoms with Crippen molar-refractivity contribution in [2.24, 2.45) is 5.73 Å². The Bertz CT molecular complexity index is 682. The molecule has 5 nitrogen and oxygen atoms in total. The lowest BCUT2D eigenvalue weighted by Gasteiger charge is -2.07. The third-order valence-electron chi connectivity index (χ3n) is 2.67. The number of ether oxygens (including phenoxy) is 1. The molecule has 6 heteroatoms. The molecule has 0 amide bonds. The van der Waals surface area contributed by atoms with Crippen molar-refractivity contribution in [3.05, 3.63) is 46.2 Å². The summed E-state index contributed by atoms with van der Waals surface area (Å²) in [5.74, 6) is 0.759. The third kappa shape index (κ3) is 3.21. The molecule has 0 bridgehead atoms. The minimum Gasteiger partial charge on any atom is -0.494 e. The van der Waals surface area contributed by atoms with E-state index in [-0.39, 0.29) is 16.1 Å². The second kappa shape index (κ2) is 6.29. The minimum absolute atomic E-state index is 0.0493. The van der Waals surface area contributed by atoms with Gasteiger partial charge in [0.15, 0.2) is 0 Å². The van der Waals surface area contributed by atoms with Gasteiger partial charge in [0.05, 0.1) is 17.9 Å². The first kappa shape index (κ1) is 14.2. The van der Waals surface area contributed by atoms with Crippen LogP contribution in [0.25, 0.3) is 11.3 Å². The number of benzene rings is 1. The van der Waals surface area contributed by atoms with Crippen molar-refractivity contribution < 1.29 is 4.74 Å². The Balaban J connectivity index is 2.38. The fourth-order valence-corrected chi connectivity index (χ4v) is 1.85. The quantitative estimate of drug-likeness (QED) is 0.821. The van der Waals surface area contributed by atoms with Crippen molar-refractivity contribution in [1.82, 2.24) is 10.2 Å². The van der Waals surface area contributed by atoms with Crippen molar-refractivity contribution >= 4 is 17.2 Å². The van der Waals surface area contributed by atoms with Gasteiger partial charge in [0, 0.05) is 5.56 Å². The number of nitrogens with two attached hydrogens (primary N) is 1. The van der Waals surface area contributed by atoms with Crippen LogP contribution in [0.15, 0.2) is 35.1 Å². The maximum absolute atomic E-state index is 11.5. The average Bonchev–Trinajstić information content (AvgIpc) is 2.45. The fourth-order valence-electron chi connectivity index (χ4n) is 1.70. The molecule has 1 heterocycles. The fraction of sp³-hybridized carbons (Fsp3) is 0.214. The molecule has 2 aromatic rings. The largest absolute Gasteiger partial charge is 0.494 e. The Hall–Kier alpha value is -2.21. The van der Waals surface area contributed by atoms with Gasteiger partial charge >= 0.3 is 0 Å². The molecule has 20 heavy (non-hydrogen) atoms. The number of nitrogens with zero attached hydrogens (tertiary/aromatic N) is 1. The maximum Gasteiger partial charge on any atom is 0.274 e. The molecule has 0 saturated heterocycles. The molecule has 0 saturated carbocycles. The van der Waals surface area contributed by atoms with Crippen molar-refractivity contribution in [3.8, 4) is 17.0 Å². The van der Waals surface area contributed by atoms with E-state index in [0.717, 1.165) is 17.7 Å². The van der Waals surface area contributed by atoms with E-state index in [0.29, 0.717) is 12.3 Å². The zero-order chi connectivity index (χ0) is 14.5. The summed E-state index contributed by atoms with van der Waals surface area (Å²) >= 11 is 4.85. The highest BCUT2D eigenvalue weighted by molar-refractivity contribution is 7.80. The first-order valence-electron chi connectivity index (χ1n) is 6.24. The Labute approximate surface area is 121 Å². The molecule has 0 radical (unpaired) electrons. The van der Waals surface area contributed by atoms with Crippen LogP contribution in [-0.4, -0.2) is 21.8 Å². The molecule has 1 aromatic carbocycles. The van der Waals surface area contributed by atoms with Crippen LogP contribution < -0.4 is 16.0 Å². The van der Waals surface area contributed by atoms with E-state index in [9.17, 15) is 4.79 Å². The van der Waals surface area contributed by atoms with E-state index in [1.165, 1.54) is 0 Å². The summed E-state index contributed by atoms with van der Waals surface area (Å²) in [5, 5.41) is 6.40. The van der Waals surface area contributed by atoms with Crippen LogP contribution >= 0.6 is 12.2 Å². The zero-order valence-corrected chi connectivity index (χ0v) is 11.9. The molecular formula is C14H15N3O2S. The first-order valence-corrected chi connectivity index (χ1v) is 6.65. The molecule has 0 unspecified atom stereocenters. The van der Waals surface area contributed by atoms with Gasteiger partial charge in [-0.15, -0.1) is 0 Å². The molecule has 3 N–H and O–H groups in total. The minimum atomic E-state index is -0.389. The van der Waals surface area contributed by atoms with Crippen molar-refractivity contribution in [3.63, 3.8) is 0 Å². The second-order valence-electron chi connectivity index (χ2n) is 4.24. The highest BCUT2D eigenvalue weighted by atomic mass is 32.1. The van der Waals surface area contributed by atoms with Gasteiger partial charge in [-0.25, -0.2) is 5.10 Å². The highest BCUT2D eigenvalue weighted by Gasteiger charge is 2.08. The predicted molar refractivity (Wildman–Crippen MR) is 82.0 cm³/mol. The summed E-state index contributed by atoms with van der Waals surface area (Å²) in [6.45, 7) is 2.70. The van der Waals surface area contributed by atoms with E-state index in [4.69, 9.17) is 22.7 Å². The van der Waals surface area contributed by atoms with Crippen molar-refractivity contribution in [1.29, 1.82) is 0 Å². The summed E-state index contributed by atoms with van der Waals surface area (Å²) in [6.07, 6.45) is 0.937. The van der Waals surface area contributed by atoms with Crippen LogP contribution in [-0.2, 0) is 0 Å². The lowest BCUT2D eigenvalue weighted by atomic mass is 10.1. The number of rotatable bonds is 5. The number of aromatic nitrogens is 2. The van der Waals surface area contributed by atoms with Crippen LogP contribution in [0.3, 0.4) is 0 Å². The normalized spacial score (nSPS) is 10.2. The predicted octanol–water partition coefficient (Wildman–Crippen LogP) is 1.86. The molecule has 0 aliphatic carbocycles. The number of hydrogen-bond donors (Lipinski definition) is 2. The monoisotopic (exact) mass is 289 g/mol. The first-order chi connectivity index (χ1) is 9.61. The average molecular weight is 289 g/mol. The van der Waals surface area contributed by atoms with Gasteiger partial charge < -0.3 is 10.5 Å². The maximum atomic E-state index is 11.5. The second-order valence-corrected chi connectivity index (χ2v) is 4.68. The SMILES string of the molecule is CCCOc1cccc(-c2cc(C(N)=S)c(=O)[nH]n2)c1. The lowest BCUT2D eigenvalue weighted by Crippen LogP contribution is -2.23. The standard InChI is InChI=1S/C14H15N3O2S/c1-2-6-19-10-5-3-4-9(7-10)12-8-11(13(15)20)14(18)17-16-12/h3-5,7-8H,2,6H2,1H3,(H2,15,20)(H,17,18). The third-order valence-corrected chi connectivity index (χ3v) is 2.89. The Morgan fingerprint density at radius 2 is 2.25 bits per heavy atom. The summed E-state index contributed by atoms with van der Waals surface area (Å²) in [4.78, 5) is 11.6. The Morgan fingerprint density at radius 1 is 1.45 bits per heavy atom. The lowest BCUT2D eigenvalue weighted by molar-refractivity contribution is 0.317. The Kier molecular flexibility index (Phi) is 4.47. The van der Waals surface area contributed by atoms with E-state index < -0.39 is 0 Å². The van der Waals surface area contributed by atoms with Crippen LogP contribution in [0.2, 0.25) is 0 Å². The Morgan fingerprint density at radius 3 is 2.95 bits per heavy atom. The molecule has 0 fully saturated rings. The zero-order valence-electron chi connectivity index (χ0n) is 11.1. The van der Waals surface area contributed by atoms with Gasteiger partial charge in [-0.3, -0.25) is 4.79 Å². The summed E-state index contributed by atoms with van der Waals surface area (Å²) in [5.41, 5.74) is 6.80. The van der Waals surface area contributed by atoms with Gasteiger partial charge in [0.2, 0.25) is 0 Å². The van der Waals surface area contributed by atoms with Gasteiger partial charge in [-0.2, -0.15) is 5.10 Å². The molecular weight excluding hydrogens is 274 g/mol. The van der Waals surface area contributed by atoms with E-state index >= 15 is 0 Å². The van der Waals surface area contributed by atoms with E-state index in [2.05, 4.69) is 10.2 Å². The van der Waals surface area contributed by atoms with Gasteiger partial charge in [-0.1, -0.05) is 31.3 Å². The summed E-state index contributed by atoms with van der Waals surface area (Å²) < 4.78 is 5.57. The smallest absolute Gasteiger partial charge is 0.274 e. The van der Waals surface area contributed by atoms with Crippen LogP contribution in [0.4, 0.5) is 0 Å². The summed E-state index contributed by atoms with van der Waals surface area (Å²) in [7, 11) is 0. The number of aromatic amines is 1. The van der Waals surface area contributed by atoms with Gasteiger partial charge in [0.1, 0.15) is 10.7 Å². The van der Waals surface area contributed by atoms with E-state index in [1.807, 2.05) is 31.2 Å². The van der Waals surface area contributed by atoms with Crippen molar-refractivity contribution in [2.45, 2.75) is 13.3 Å². The molecule has 2 rings (SSSR count). The van der Waals surface area contributed by atoms with Crippen LogP contribution in [0, 0.1) is 0 Å². The topological polar surface area (TPSA) is 81.0 Å².